The van der Waals surface area contributed by atoms with Crippen molar-refractivity contribution >= 4 is 23.4 Å². The van der Waals surface area contributed by atoms with E-state index in [0.29, 0.717) is 17.2 Å². The number of benzene rings is 2. The topological polar surface area (TPSA) is 85.9 Å². The maximum absolute atomic E-state index is 12.2. The molecule has 0 aliphatic rings. The molecular formula is C19H21ClN2O5. The highest BCUT2D eigenvalue weighted by molar-refractivity contribution is 6.32. The van der Waals surface area contributed by atoms with Crippen molar-refractivity contribution in [3.05, 3.63) is 52.0 Å². The summed E-state index contributed by atoms with van der Waals surface area (Å²) in [6, 6.07) is 8.56. The minimum absolute atomic E-state index is 0.202. The van der Waals surface area contributed by atoms with Gasteiger partial charge in [-0.3, -0.25) is 20.4 Å². The zero-order chi connectivity index (χ0) is 20.0. The first-order chi connectivity index (χ1) is 12.9. The molecule has 2 N–H and O–H groups in total. The molecule has 2 rings (SSSR count). The molecule has 0 fully saturated rings. The fourth-order valence-corrected chi connectivity index (χ4v) is 2.74. The predicted molar refractivity (Wildman–Crippen MR) is 102 cm³/mol. The molecule has 0 saturated carbocycles. The molecule has 0 saturated heterocycles. The molecule has 0 aliphatic heterocycles. The lowest BCUT2D eigenvalue weighted by Crippen LogP contribution is -2.43. The van der Waals surface area contributed by atoms with Gasteiger partial charge in [0.15, 0.2) is 18.1 Å². The lowest BCUT2D eigenvalue weighted by molar-refractivity contribution is -0.123. The molecule has 2 aromatic carbocycles. The van der Waals surface area contributed by atoms with Gasteiger partial charge >= 0.3 is 0 Å². The third kappa shape index (κ3) is 5.04. The van der Waals surface area contributed by atoms with Gasteiger partial charge in [0.25, 0.3) is 11.8 Å². The number of hydrogen-bond donors (Lipinski definition) is 2. The molecule has 0 aliphatic carbocycles. The van der Waals surface area contributed by atoms with E-state index in [1.807, 2.05) is 32.0 Å². The maximum Gasteiger partial charge on any atom is 0.276 e. The van der Waals surface area contributed by atoms with Gasteiger partial charge in [0.05, 0.1) is 19.2 Å². The van der Waals surface area contributed by atoms with Crippen LogP contribution >= 0.6 is 11.6 Å². The Hall–Kier alpha value is -2.93. The van der Waals surface area contributed by atoms with E-state index in [2.05, 4.69) is 10.9 Å². The van der Waals surface area contributed by atoms with Crippen LogP contribution in [0.25, 0.3) is 0 Å². The SMILES string of the molecule is COc1cc(C(=O)NNC(=O)COc2c(C)cccc2C)cc(Cl)c1OC. The number of hydrogen-bond acceptors (Lipinski definition) is 5. The van der Waals surface area contributed by atoms with Crippen molar-refractivity contribution in [2.75, 3.05) is 20.8 Å². The van der Waals surface area contributed by atoms with E-state index >= 15 is 0 Å². The van der Waals surface area contributed by atoms with Gasteiger partial charge in [0, 0.05) is 5.56 Å². The summed E-state index contributed by atoms with van der Waals surface area (Å²) in [6.07, 6.45) is 0. The normalized spacial score (nSPS) is 10.1. The number of ether oxygens (including phenoxy) is 3. The highest BCUT2D eigenvalue weighted by Crippen LogP contribution is 2.35. The van der Waals surface area contributed by atoms with Crippen molar-refractivity contribution in [1.29, 1.82) is 0 Å². The number of aryl methyl sites for hydroxylation is 2. The van der Waals surface area contributed by atoms with E-state index in [1.165, 1.54) is 26.4 Å². The van der Waals surface area contributed by atoms with Gasteiger partial charge in [-0.05, 0) is 37.1 Å². The van der Waals surface area contributed by atoms with Gasteiger partial charge in [-0.2, -0.15) is 0 Å². The monoisotopic (exact) mass is 392 g/mol. The van der Waals surface area contributed by atoms with E-state index in [1.54, 1.807) is 0 Å². The number of amides is 2. The van der Waals surface area contributed by atoms with Crippen LogP contribution < -0.4 is 25.1 Å². The van der Waals surface area contributed by atoms with Crippen molar-refractivity contribution in [3.8, 4) is 17.2 Å². The standard InChI is InChI=1S/C19H21ClN2O5/c1-11-6-5-7-12(2)17(11)27-10-16(23)21-22-19(24)13-8-14(20)18(26-4)15(9-13)25-3/h5-9H,10H2,1-4H3,(H,21,23)(H,22,24). The number of para-hydroxylation sites is 1. The summed E-state index contributed by atoms with van der Waals surface area (Å²) in [6.45, 7) is 3.55. The van der Waals surface area contributed by atoms with E-state index < -0.39 is 11.8 Å². The van der Waals surface area contributed by atoms with Crippen LogP contribution in [0.2, 0.25) is 5.02 Å². The molecule has 7 nitrogen and oxygen atoms in total. The Morgan fingerprint density at radius 3 is 2.26 bits per heavy atom. The van der Waals surface area contributed by atoms with Crippen molar-refractivity contribution < 1.29 is 23.8 Å². The summed E-state index contributed by atoms with van der Waals surface area (Å²) in [5, 5.41) is 0.215. The second kappa shape index (κ2) is 9.14. The molecule has 2 aromatic rings. The second-order valence-corrected chi connectivity index (χ2v) is 6.11. The first-order valence-corrected chi connectivity index (χ1v) is 8.45. The van der Waals surface area contributed by atoms with Gasteiger partial charge in [0.2, 0.25) is 0 Å². The van der Waals surface area contributed by atoms with E-state index in [-0.39, 0.29) is 17.2 Å². The summed E-state index contributed by atoms with van der Waals surface area (Å²) in [4.78, 5) is 24.2. The average molecular weight is 393 g/mol. The molecule has 144 valence electrons. The van der Waals surface area contributed by atoms with Crippen LogP contribution in [0, 0.1) is 13.8 Å². The predicted octanol–water partition coefficient (Wildman–Crippen LogP) is 2.81. The van der Waals surface area contributed by atoms with Crippen molar-refractivity contribution in [2.45, 2.75) is 13.8 Å². The Balaban J connectivity index is 1.95. The largest absolute Gasteiger partial charge is 0.493 e. The minimum atomic E-state index is -0.557. The molecular weight excluding hydrogens is 372 g/mol. The highest BCUT2D eigenvalue weighted by Gasteiger charge is 2.16. The summed E-state index contributed by atoms with van der Waals surface area (Å²) in [5.74, 6) is 0.211. The smallest absolute Gasteiger partial charge is 0.276 e. The Morgan fingerprint density at radius 2 is 1.67 bits per heavy atom. The zero-order valence-corrected chi connectivity index (χ0v) is 16.3. The quantitative estimate of drug-likeness (QED) is 0.738. The van der Waals surface area contributed by atoms with Gasteiger partial charge in [-0.1, -0.05) is 29.8 Å². The molecule has 2 amide bonds. The van der Waals surface area contributed by atoms with E-state index in [4.69, 9.17) is 25.8 Å². The summed E-state index contributed by atoms with van der Waals surface area (Å²) < 4.78 is 15.8. The summed E-state index contributed by atoms with van der Waals surface area (Å²) >= 11 is 6.08. The number of nitrogens with one attached hydrogen (secondary N) is 2. The number of carbonyl (C=O) groups excluding carboxylic acids is 2. The molecule has 8 heteroatoms. The molecule has 0 atom stereocenters. The number of carbonyl (C=O) groups is 2. The van der Waals surface area contributed by atoms with Crippen molar-refractivity contribution in [3.63, 3.8) is 0 Å². The lowest BCUT2D eigenvalue weighted by Gasteiger charge is -2.13. The fourth-order valence-electron chi connectivity index (χ4n) is 2.45. The number of methoxy groups -OCH3 is 2. The first kappa shape index (κ1) is 20.4. The Bertz CT molecular complexity index is 834. The molecule has 0 bridgehead atoms. The van der Waals surface area contributed by atoms with Gasteiger partial charge in [-0.25, -0.2) is 0 Å². The zero-order valence-electron chi connectivity index (χ0n) is 15.5. The third-order valence-electron chi connectivity index (χ3n) is 3.77. The van der Waals surface area contributed by atoms with Crippen molar-refractivity contribution in [1.82, 2.24) is 10.9 Å². The fraction of sp³-hybridized carbons (Fsp3) is 0.263. The van der Waals surface area contributed by atoms with Crippen LogP contribution in [-0.2, 0) is 4.79 Å². The van der Waals surface area contributed by atoms with Crippen LogP contribution in [0.4, 0.5) is 0 Å². The molecule has 0 aromatic heterocycles. The molecule has 0 heterocycles. The van der Waals surface area contributed by atoms with E-state index in [9.17, 15) is 9.59 Å². The third-order valence-corrected chi connectivity index (χ3v) is 4.05. The number of rotatable bonds is 6. The van der Waals surface area contributed by atoms with Crippen LogP contribution in [0.1, 0.15) is 21.5 Å². The van der Waals surface area contributed by atoms with Crippen LogP contribution in [-0.4, -0.2) is 32.6 Å². The molecule has 0 spiro atoms. The molecule has 0 radical (unpaired) electrons. The lowest BCUT2D eigenvalue weighted by atomic mass is 10.1. The molecule has 0 unspecified atom stereocenters. The van der Waals surface area contributed by atoms with Gasteiger partial charge in [0.1, 0.15) is 5.75 Å². The van der Waals surface area contributed by atoms with Crippen LogP contribution in [0.3, 0.4) is 0 Å². The van der Waals surface area contributed by atoms with Crippen molar-refractivity contribution in [2.24, 2.45) is 0 Å². The molecule has 27 heavy (non-hydrogen) atoms. The van der Waals surface area contributed by atoms with E-state index in [0.717, 1.165) is 11.1 Å². The minimum Gasteiger partial charge on any atom is -0.493 e. The Labute approximate surface area is 162 Å². The van der Waals surface area contributed by atoms with Gasteiger partial charge in [-0.15, -0.1) is 0 Å². The number of halogens is 1. The summed E-state index contributed by atoms with van der Waals surface area (Å²) in [5.41, 5.74) is 6.65. The van der Waals surface area contributed by atoms with Crippen LogP contribution in [0.15, 0.2) is 30.3 Å². The summed E-state index contributed by atoms with van der Waals surface area (Å²) in [7, 11) is 2.88. The average Bonchev–Trinajstić information content (AvgIpc) is 2.64. The number of hydrazine groups is 1. The maximum atomic E-state index is 12.2. The Kier molecular flexibility index (Phi) is 6.90. The highest BCUT2D eigenvalue weighted by atomic mass is 35.5. The van der Waals surface area contributed by atoms with Gasteiger partial charge < -0.3 is 14.2 Å². The first-order valence-electron chi connectivity index (χ1n) is 8.07. The Morgan fingerprint density at radius 1 is 1.00 bits per heavy atom. The van der Waals surface area contributed by atoms with Crippen LogP contribution in [0.5, 0.6) is 17.2 Å². The second-order valence-electron chi connectivity index (χ2n) is 5.71.